The van der Waals surface area contributed by atoms with Crippen LogP contribution in [-0.4, -0.2) is 6.10 Å². The highest BCUT2D eigenvalue weighted by Crippen LogP contribution is 2.19. The summed E-state index contributed by atoms with van der Waals surface area (Å²) in [7, 11) is 0. The molecule has 0 amide bonds. The molecule has 0 bridgehead atoms. The fourth-order valence-electron chi connectivity index (χ4n) is 1.20. The van der Waals surface area contributed by atoms with Crippen molar-refractivity contribution in [1.29, 1.82) is 0 Å². The van der Waals surface area contributed by atoms with Gasteiger partial charge < -0.3 is 4.74 Å². The Labute approximate surface area is 86.1 Å². The van der Waals surface area contributed by atoms with Crippen molar-refractivity contribution in [1.82, 2.24) is 0 Å². The van der Waals surface area contributed by atoms with Crippen LogP contribution in [0.1, 0.15) is 32.3 Å². The summed E-state index contributed by atoms with van der Waals surface area (Å²) in [6.45, 7) is 6.04. The minimum absolute atomic E-state index is 0.170. The van der Waals surface area contributed by atoms with Gasteiger partial charge in [0.05, 0.1) is 6.10 Å². The highest BCUT2D eigenvalue weighted by Gasteiger charge is 2.02. The molecule has 0 saturated carbocycles. The zero-order valence-electron chi connectivity index (χ0n) is 8.95. The van der Waals surface area contributed by atoms with Crippen molar-refractivity contribution in [3.05, 3.63) is 29.8 Å². The predicted molar refractivity (Wildman–Crippen MR) is 59.5 cm³/mol. The van der Waals surface area contributed by atoms with Gasteiger partial charge >= 0.3 is 0 Å². The summed E-state index contributed by atoms with van der Waals surface area (Å²) < 4.78 is 5.53. The van der Waals surface area contributed by atoms with Crippen molar-refractivity contribution in [2.24, 2.45) is 0 Å². The average molecular weight is 188 g/mol. The molecular weight excluding hydrogens is 172 g/mol. The van der Waals surface area contributed by atoms with Crippen LogP contribution in [0.15, 0.2) is 24.3 Å². The van der Waals surface area contributed by atoms with Crippen LogP contribution in [0.4, 0.5) is 0 Å². The average Bonchev–Trinajstić information content (AvgIpc) is 2.17. The van der Waals surface area contributed by atoms with Gasteiger partial charge in [-0.1, -0.05) is 18.1 Å². The molecule has 1 rings (SSSR count). The first-order chi connectivity index (χ1) is 6.63. The molecule has 0 fully saturated rings. The quantitative estimate of drug-likeness (QED) is 0.662. The molecule has 0 saturated heterocycles. The minimum Gasteiger partial charge on any atom is -0.491 e. The van der Waals surface area contributed by atoms with E-state index in [1.165, 1.54) is 0 Å². The smallest absolute Gasteiger partial charge is 0.119 e. The Kier molecular flexibility index (Phi) is 3.59. The van der Waals surface area contributed by atoms with Gasteiger partial charge in [-0.3, -0.25) is 0 Å². The standard InChI is InChI=1S/C13H16O/c1-5-11(4)12-6-8-13(9-7-12)14-10(2)3/h1,6-11H,2-4H3. The third-order valence-corrected chi connectivity index (χ3v) is 2.00. The van der Waals surface area contributed by atoms with E-state index in [1.807, 2.05) is 45.0 Å². The largest absolute Gasteiger partial charge is 0.491 e. The number of ether oxygens (including phenoxy) is 1. The summed E-state index contributed by atoms with van der Waals surface area (Å²) >= 11 is 0. The Bertz CT molecular complexity index is 316. The van der Waals surface area contributed by atoms with Crippen molar-refractivity contribution in [3.63, 3.8) is 0 Å². The number of rotatable bonds is 3. The van der Waals surface area contributed by atoms with Crippen LogP contribution in [0.3, 0.4) is 0 Å². The third-order valence-electron chi connectivity index (χ3n) is 2.00. The molecule has 0 heterocycles. The maximum Gasteiger partial charge on any atom is 0.119 e. The summed E-state index contributed by atoms with van der Waals surface area (Å²) in [4.78, 5) is 0. The Morgan fingerprint density at radius 3 is 2.14 bits per heavy atom. The third kappa shape index (κ3) is 2.81. The zero-order chi connectivity index (χ0) is 10.6. The van der Waals surface area contributed by atoms with Gasteiger partial charge in [0.25, 0.3) is 0 Å². The Balaban J connectivity index is 2.74. The lowest BCUT2D eigenvalue weighted by molar-refractivity contribution is 0.242. The summed E-state index contributed by atoms with van der Waals surface area (Å²) in [5.74, 6) is 3.77. The topological polar surface area (TPSA) is 9.23 Å². The second kappa shape index (κ2) is 4.72. The molecule has 1 aromatic rings. The molecule has 0 aliphatic carbocycles. The molecule has 1 aromatic carbocycles. The number of benzene rings is 1. The summed E-state index contributed by atoms with van der Waals surface area (Å²) in [5, 5.41) is 0. The van der Waals surface area contributed by atoms with Gasteiger partial charge in [0.2, 0.25) is 0 Å². The molecule has 1 atom stereocenters. The predicted octanol–water partition coefficient (Wildman–Crippen LogP) is 3.21. The maximum atomic E-state index is 5.53. The van der Waals surface area contributed by atoms with E-state index < -0.39 is 0 Å². The van der Waals surface area contributed by atoms with Crippen molar-refractivity contribution >= 4 is 0 Å². The van der Waals surface area contributed by atoms with Gasteiger partial charge in [-0.2, -0.15) is 0 Å². The molecule has 0 aliphatic heterocycles. The molecule has 74 valence electrons. The Hall–Kier alpha value is -1.42. The number of terminal acetylenes is 1. The minimum atomic E-state index is 0.170. The zero-order valence-corrected chi connectivity index (χ0v) is 8.95. The normalized spacial score (nSPS) is 12.2. The van der Waals surface area contributed by atoms with Gasteiger partial charge in [-0.25, -0.2) is 0 Å². The highest BCUT2D eigenvalue weighted by molar-refractivity contribution is 5.32. The molecular formula is C13H16O. The maximum absolute atomic E-state index is 5.53. The van der Waals surface area contributed by atoms with Gasteiger partial charge in [0.1, 0.15) is 5.75 Å². The van der Waals surface area contributed by atoms with Crippen molar-refractivity contribution in [2.75, 3.05) is 0 Å². The first-order valence-corrected chi connectivity index (χ1v) is 4.86. The molecule has 0 aliphatic rings. The molecule has 1 heteroatoms. The van der Waals surface area contributed by atoms with Crippen molar-refractivity contribution in [2.45, 2.75) is 32.8 Å². The molecule has 0 spiro atoms. The molecule has 14 heavy (non-hydrogen) atoms. The molecule has 0 N–H and O–H groups in total. The van der Waals surface area contributed by atoms with E-state index in [1.54, 1.807) is 0 Å². The molecule has 1 unspecified atom stereocenters. The van der Waals surface area contributed by atoms with E-state index in [0.29, 0.717) is 0 Å². The van der Waals surface area contributed by atoms with E-state index >= 15 is 0 Å². The number of hydrogen-bond donors (Lipinski definition) is 0. The summed E-state index contributed by atoms with van der Waals surface area (Å²) in [6, 6.07) is 7.96. The second-order valence-electron chi connectivity index (χ2n) is 3.62. The van der Waals surface area contributed by atoms with Gasteiger partial charge in [-0.05, 0) is 38.5 Å². The second-order valence-corrected chi connectivity index (χ2v) is 3.62. The number of hydrogen-bond acceptors (Lipinski definition) is 1. The van der Waals surface area contributed by atoms with Crippen LogP contribution in [0, 0.1) is 12.3 Å². The van der Waals surface area contributed by atoms with Crippen LogP contribution < -0.4 is 4.74 Å². The lowest BCUT2D eigenvalue weighted by Crippen LogP contribution is -2.05. The molecule has 0 radical (unpaired) electrons. The lowest BCUT2D eigenvalue weighted by Gasteiger charge is -2.10. The fourth-order valence-corrected chi connectivity index (χ4v) is 1.20. The highest BCUT2D eigenvalue weighted by atomic mass is 16.5. The van der Waals surface area contributed by atoms with E-state index in [2.05, 4.69) is 5.92 Å². The van der Waals surface area contributed by atoms with Crippen LogP contribution in [-0.2, 0) is 0 Å². The fraction of sp³-hybridized carbons (Fsp3) is 0.385. The van der Waals surface area contributed by atoms with Crippen LogP contribution in [0.2, 0.25) is 0 Å². The molecule has 0 aromatic heterocycles. The van der Waals surface area contributed by atoms with Crippen LogP contribution in [0.25, 0.3) is 0 Å². The Morgan fingerprint density at radius 1 is 1.14 bits per heavy atom. The first-order valence-electron chi connectivity index (χ1n) is 4.86. The van der Waals surface area contributed by atoms with E-state index in [9.17, 15) is 0 Å². The SMILES string of the molecule is C#CC(C)c1ccc(OC(C)C)cc1. The van der Waals surface area contributed by atoms with Gasteiger partial charge in [0, 0.05) is 5.92 Å². The molecule has 1 nitrogen and oxygen atoms in total. The Morgan fingerprint density at radius 2 is 1.71 bits per heavy atom. The first kappa shape index (κ1) is 10.7. The van der Waals surface area contributed by atoms with Gasteiger partial charge in [-0.15, -0.1) is 6.42 Å². The lowest BCUT2D eigenvalue weighted by atomic mass is 10.0. The summed E-state index contributed by atoms with van der Waals surface area (Å²) in [6.07, 6.45) is 5.56. The monoisotopic (exact) mass is 188 g/mol. The van der Waals surface area contributed by atoms with Gasteiger partial charge in [0.15, 0.2) is 0 Å². The van der Waals surface area contributed by atoms with Crippen LogP contribution in [0.5, 0.6) is 5.75 Å². The van der Waals surface area contributed by atoms with E-state index in [0.717, 1.165) is 11.3 Å². The van der Waals surface area contributed by atoms with Crippen LogP contribution >= 0.6 is 0 Å². The van der Waals surface area contributed by atoms with E-state index in [4.69, 9.17) is 11.2 Å². The van der Waals surface area contributed by atoms with Crippen molar-refractivity contribution < 1.29 is 4.74 Å². The van der Waals surface area contributed by atoms with Crippen molar-refractivity contribution in [3.8, 4) is 18.1 Å². The van der Waals surface area contributed by atoms with E-state index in [-0.39, 0.29) is 12.0 Å². The summed E-state index contributed by atoms with van der Waals surface area (Å²) in [5.41, 5.74) is 1.16.